The van der Waals surface area contributed by atoms with Crippen LogP contribution in [-0.4, -0.2) is 4.98 Å². The summed E-state index contributed by atoms with van der Waals surface area (Å²) < 4.78 is 0. The lowest BCUT2D eigenvalue weighted by Gasteiger charge is -2.02. The first kappa shape index (κ1) is 15.2. The zero-order chi connectivity index (χ0) is 12.9. The van der Waals surface area contributed by atoms with Gasteiger partial charge in [0.15, 0.2) is 0 Å². The molecule has 0 unspecified atom stereocenters. The highest BCUT2D eigenvalue weighted by Crippen LogP contribution is 2.11. The Morgan fingerprint density at radius 1 is 0.889 bits per heavy atom. The average Bonchev–Trinajstić information content (AvgIpc) is 2.42. The van der Waals surface area contributed by atoms with E-state index in [-0.39, 0.29) is 0 Å². The second kappa shape index (κ2) is 11.3. The molecule has 0 spiro atoms. The first-order valence-electron chi connectivity index (χ1n) is 7.75. The van der Waals surface area contributed by atoms with Crippen molar-refractivity contribution in [2.75, 3.05) is 0 Å². The molecule has 1 aromatic rings. The molecule has 1 rings (SSSR count). The van der Waals surface area contributed by atoms with E-state index in [1.165, 1.54) is 69.8 Å². The Morgan fingerprint density at radius 3 is 2.06 bits per heavy atom. The van der Waals surface area contributed by atoms with Gasteiger partial charge in [0.1, 0.15) is 0 Å². The van der Waals surface area contributed by atoms with Gasteiger partial charge in [0.25, 0.3) is 0 Å². The monoisotopic (exact) mass is 246 g/mol. The molecule has 1 heterocycles. The van der Waals surface area contributed by atoms with Crippen molar-refractivity contribution in [3.63, 3.8) is 0 Å². The van der Waals surface area contributed by atoms with E-state index in [2.05, 4.69) is 24.2 Å². The number of nitrogens with zero attached hydrogens (tertiary/aromatic N) is 1. The zero-order valence-corrected chi connectivity index (χ0v) is 12.0. The van der Waals surface area contributed by atoms with Crippen LogP contribution in [0.4, 0.5) is 0 Å². The Labute approximate surface area is 113 Å². The maximum Gasteiger partial charge on any atom is 0.0920 e. The first-order chi connectivity index (χ1) is 8.93. The largest absolute Gasteiger partial charge is 0.254 e. The fourth-order valence-electron chi connectivity index (χ4n) is 2.30. The van der Waals surface area contributed by atoms with Crippen molar-refractivity contribution in [2.45, 2.75) is 77.6 Å². The van der Waals surface area contributed by atoms with Crippen molar-refractivity contribution < 1.29 is 0 Å². The predicted molar refractivity (Wildman–Crippen MR) is 78.6 cm³/mol. The number of hydrogen-bond acceptors (Lipinski definition) is 1. The Balaban J connectivity index is 1.82. The minimum absolute atomic E-state index is 1.14. The fraction of sp³-hybridized carbons (Fsp3) is 0.706. The van der Waals surface area contributed by atoms with Crippen LogP contribution in [0.25, 0.3) is 0 Å². The summed E-state index contributed by atoms with van der Waals surface area (Å²) in [6.45, 7) is 2.28. The second-order valence-electron chi connectivity index (χ2n) is 5.21. The van der Waals surface area contributed by atoms with Crippen molar-refractivity contribution in [1.82, 2.24) is 4.98 Å². The minimum atomic E-state index is 1.14. The number of hydrogen-bond donors (Lipinski definition) is 0. The van der Waals surface area contributed by atoms with E-state index in [9.17, 15) is 0 Å². The SMILES string of the molecule is CCCCCCCCCCCCc1[c]nccc1. The molecule has 1 nitrogen and oxygen atoms in total. The summed E-state index contributed by atoms with van der Waals surface area (Å²) in [5.41, 5.74) is 1.26. The second-order valence-corrected chi connectivity index (χ2v) is 5.21. The van der Waals surface area contributed by atoms with Crippen LogP contribution in [0.3, 0.4) is 0 Å². The molecule has 1 heteroatoms. The highest BCUT2D eigenvalue weighted by atomic mass is 14.6. The van der Waals surface area contributed by atoms with E-state index in [1.807, 2.05) is 6.07 Å². The van der Waals surface area contributed by atoms with Gasteiger partial charge in [-0.25, -0.2) is 0 Å². The molecular weight excluding hydrogens is 218 g/mol. The Morgan fingerprint density at radius 2 is 1.50 bits per heavy atom. The third-order valence-corrected chi connectivity index (χ3v) is 3.47. The quantitative estimate of drug-likeness (QED) is 0.480. The van der Waals surface area contributed by atoms with Crippen LogP contribution in [0.2, 0.25) is 0 Å². The van der Waals surface area contributed by atoms with Crippen LogP contribution in [-0.2, 0) is 6.42 Å². The lowest BCUT2D eigenvalue weighted by Crippen LogP contribution is -1.87. The smallest absolute Gasteiger partial charge is 0.0920 e. The molecule has 0 aliphatic carbocycles. The van der Waals surface area contributed by atoms with Crippen molar-refractivity contribution in [1.29, 1.82) is 0 Å². The van der Waals surface area contributed by atoms with E-state index in [0.717, 1.165) is 6.42 Å². The van der Waals surface area contributed by atoms with Crippen LogP contribution in [0, 0.1) is 6.20 Å². The van der Waals surface area contributed by atoms with Crippen LogP contribution in [0.1, 0.15) is 76.7 Å². The molecule has 0 N–H and O–H groups in total. The van der Waals surface area contributed by atoms with Crippen molar-refractivity contribution >= 4 is 0 Å². The highest BCUT2D eigenvalue weighted by molar-refractivity contribution is 5.06. The third-order valence-electron chi connectivity index (χ3n) is 3.47. The topological polar surface area (TPSA) is 12.9 Å². The molecule has 0 aromatic carbocycles. The molecule has 1 radical (unpaired) electrons. The normalized spacial score (nSPS) is 10.7. The number of rotatable bonds is 11. The summed E-state index contributed by atoms with van der Waals surface area (Å²) >= 11 is 0. The van der Waals surface area contributed by atoms with E-state index in [4.69, 9.17) is 0 Å². The standard InChI is InChI=1S/C17H28N/c1-2-3-4-5-6-7-8-9-10-11-13-17-14-12-15-18-16-17/h12,14-15H,2-11,13H2,1H3. The molecule has 1 aromatic heterocycles. The molecule has 101 valence electrons. The van der Waals surface area contributed by atoms with Gasteiger partial charge in [-0.05, 0) is 24.5 Å². The van der Waals surface area contributed by atoms with Gasteiger partial charge in [-0.15, -0.1) is 0 Å². The van der Waals surface area contributed by atoms with Crippen molar-refractivity contribution in [2.24, 2.45) is 0 Å². The van der Waals surface area contributed by atoms with Gasteiger partial charge >= 0.3 is 0 Å². The predicted octanol–water partition coefficient (Wildman–Crippen LogP) is 5.35. The minimum Gasteiger partial charge on any atom is -0.254 e. The summed E-state index contributed by atoms with van der Waals surface area (Å²) in [6, 6.07) is 4.13. The van der Waals surface area contributed by atoms with E-state index >= 15 is 0 Å². The van der Waals surface area contributed by atoms with E-state index < -0.39 is 0 Å². The maximum absolute atomic E-state index is 4.02. The maximum atomic E-state index is 4.02. The molecular formula is C17H28N. The fourth-order valence-corrected chi connectivity index (χ4v) is 2.30. The molecule has 0 aliphatic heterocycles. The summed E-state index contributed by atoms with van der Waals surface area (Å²) in [7, 11) is 0. The molecule has 0 fully saturated rings. The van der Waals surface area contributed by atoms with Gasteiger partial charge < -0.3 is 0 Å². The average molecular weight is 246 g/mol. The first-order valence-corrected chi connectivity index (χ1v) is 7.75. The van der Waals surface area contributed by atoms with Gasteiger partial charge in [-0.1, -0.05) is 70.8 Å². The third kappa shape index (κ3) is 8.27. The van der Waals surface area contributed by atoms with E-state index in [1.54, 1.807) is 6.20 Å². The molecule has 0 atom stereocenters. The number of aryl methyl sites for hydroxylation is 1. The van der Waals surface area contributed by atoms with Gasteiger partial charge in [0, 0.05) is 6.20 Å². The molecule has 0 aliphatic rings. The molecule has 0 saturated carbocycles. The highest BCUT2D eigenvalue weighted by Gasteiger charge is 1.94. The Kier molecular flexibility index (Phi) is 9.51. The summed E-state index contributed by atoms with van der Waals surface area (Å²) in [5, 5.41) is 0. The number of unbranched alkanes of at least 4 members (excludes halogenated alkanes) is 9. The lowest BCUT2D eigenvalue weighted by atomic mass is 10.0. The van der Waals surface area contributed by atoms with Crippen LogP contribution < -0.4 is 0 Å². The molecule has 0 amide bonds. The van der Waals surface area contributed by atoms with Crippen LogP contribution >= 0.6 is 0 Å². The summed E-state index contributed by atoms with van der Waals surface area (Å²) in [6.07, 6.45) is 20.0. The molecule has 18 heavy (non-hydrogen) atoms. The number of pyridine rings is 1. The van der Waals surface area contributed by atoms with Crippen LogP contribution in [0.5, 0.6) is 0 Å². The lowest BCUT2D eigenvalue weighted by molar-refractivity contribution is 0.556. The van der Waals surface area contributed by atoms with Gasteiger partial charge in [-0.3, -0.25) is 4.98 Å². The van der Waals surface area contributed by atoms with Gasteiger partial charge in [0.2, 0.25) is 0 Å². The van der Waals surface area contributed by atoms with Crippen LogP contribution in [0.15, 0.2) is 18.3 Å². The van der Waals surface area contributed by atoms with E-state index in [0.29, 0.717) is 0 Å². The van der Waals surface area contributed by atoms with Gasteiger partial charge in [-0.2, -0.15) is 0 Å². The summed E-state index contributed by atoms with van der Waals surface area (Å²) in [4.78, 5) is 4.02. The molecule has 0 saturated heterocycles. The van der Waals surface area contributed by atoms with Crippen molar-refractivity contribution in [3.05, 3.63) is 30.1 Å². The zero-order valence-electron chi connectivity index (χ0n) is 12.0. The Bertz CT molecular complexity index is 268. The van der Waals surface area contributed by atoms with Crippen molar-refractivity contribution in [3.8, 4) is 0 Å². The van der Waals surface area contributed by atoms with Gasteiger partial charge in [0.05, 0.1) is 6.20 Å². The molecule has 0 bridgehead atoms. The number of aromatic nitrogens is 1. The summed E-state index contributed by atoms with van der Waals surface area (Å²) in [5.74, 6) is 0. The Hall–Kier alpha value is -0.850.